The number of likely N-dealkylation sites (tertiary alicyclic amines) is 1. The SMILES string of the molecule is Cc1c(C=C2C(=O)Nc3c(Br)cc(F)cc32)[nH]c2c1C(=O)N(CCN1CCCC1)CC2. The van der Waals surface area contributed by atoms with Gasteiger partial charge in [0, 0.05) is 47.5 Å². The maximum atomic E-state index is 13.9. The quantitative estimate of drug-likeness (QED) is 0.645. The lowest BCUT2D eigenvalue weighted by Crippen LogP contribution is -2.42. The molecule has 0 spiro atoms. The number of rotatable bonds is 4. The minimum atomic E-state index is -0.417. The summed E-state index contributed by atoms with van der Waals surface area (Å²) in [5, 5.41) is 2.79. The lowest BCUT2D eigenvalue weighted by Gasteiger charge is -2.29. The van der Waals surface area contributed by atoms with Crippen LogP contribution in [-0.4, -0.2) is 59.3 Å². The number of nitrogens with zero attached hydrogens (tertiary/aromatic N) is 2. The molecular formula is C23H24BrFN4O2. The number of anilines is 1. The standard InChI is InChI=1S/C23H24BrFN4O2/c1-13-19(12-16-15-10-14(25)11-17(24)21(15)27-22(16)30)26-18-4-7-29(23(31)20(13)18)9-8-28-5-2-3-6-28/h10-12,26H,2-9H2,1H3,(H,27,30). The Hall–Kier alpha value is -2.45. The number of hydrogen-bond acceptors (Lipinski definition) is 3. The first-order valence-electron chi connectivity index (χ1n) is 10.7. The molecule has 3 aliphatic rings. The Balaban J connectivity index is 1.43. The summed E-state index contributed by atoms with van der Waals surface area (Å²) in [5.41, 5.74) is 4.63. The number of carbonyl (C=O) groups is 2. The smallest absolute Gasteiger partial charge is 0.256 e. The molecule has 0 unspecified atom stereocenters. The topological polar surface area (TPSA) is 68.4 Å². The highest BCUT2D eigenvalue weighted by atomic mass is 79.9. The molecule has 0 aliphatic carbocycles. The number of aromatic amines is 1. The molecule has 0 saturated carbocycles. The van der Waals surface area contributed by atoms with Crippen molar-refractivity contribution in [2.75, 3.05) is 38.0 Å². The Labute approximate surface area is 188 Å². The molecule has 1 aromatic heterocycles. The number of H-pyrrole nitrogens is 1. The number of amides is 2. The molecule has 4 heterocycles. The van der Waals surface area contributed by atoms with Gasteiger partial charge in [0.25, 0.3) is 11.8 Å². The van der Waals surface area contributed by atoms with Gasteiger partial charge in [0.05, 0.1) is 16.8 Å². The molecule has 5 rings (SSSR count). The van der Waals surface area contributed by atoms with E-state index < -0.39 is 5.82 Å². The van der Waals surface area contributed by atoms with Crippen molar-refractivity contribution in [3.8, 4) is 0 Å². The van der Waals surface area contributed by atoms with E-state index in [4.69, 9.17) is 0 Å². The lowest BCUT2D eigenvalue weighted by molar-refractivity contribution is -0.110. The summed E-state index contributed by atoms with van der Waals surface area (Å²) in [6.07, 6.45) is 4.96. The van der Waals surface area contributed by atoms with Crippen molar-refractivity contribution in [3.05, 3.63) is 50.5 Å². The Morgan fingerprint density at radius 2 is 1.94 bits per heavy atom. The first-order valence-corrected chi connectivity index (χ1v) is 11.5. The summed E-state index contributed by atoms with van der Waals surface area (Å²) < 4.78 is 14.5. The maximum Gasteiger partial charge on any atom is 0.256 e. The van der Waals surface area contributed by atoms with Crippen LogP contribution in [0.15, 0.2) is 16.6 Å². The number of carbonyl (C=O) groups excluding carboxylic acids is 2. The van der Waals surface area contributed by atoms with E-state index in [0.717, 1.165) is 49.6 Å². The molecule has 31 heavy (non-hydrogen) atoms. The van der Waals surface area contributed by atoms with E-state index in [2.05, 4.69) is 31.1 Å². The summed E-state index contributed by atoms with van der Waals surface area (Å²) in [6.45, 7) is 6.49. The number of aromatic nitrogens is 1. The monoisotopic (exact) mass is 486 g/mol. The van der Waals surface area contributed by atoms with E-state index in [-0.39, 0.29) is 11.8 Å². The predicted molar refractivity (Wildman–Crippen MR) is 121 cm³/mol. The Bertz CT molecular complexity index is 1120. The molecule has 1 fully saturated rings. The van der Waals surface area contributed by atoms with Crippen molar-refractivity contribution in [1.82, 2.24) is 14.8 Å². The summed E-state index contributed by atoms with van der Waals surface area (Å²) in [5.74, 6) is -0.657. The fourth-order valence-corrected chi connectivity index (χ4v) is 5.32. The minimum absolute atomic E-state index is 0.0453. The molecular weight excluding hydrogens is 463 g/mol. The number of halogens is 2. The molecule has 0 bridgehead atoms. The van der Waals surface area contributed by atoms with Gasteiger partial charge < -0.3 is 20.1 Å². The van der Waals surface area contributed by atoms with E-state index >= 15 is 0 Å². The summed E-state index contributed by atoms with van der Waals surface area (Å²) in [4.78, 5) is 33.4. The highest BCUT2D eigenvalue weighted by molar-refractivity contribution is 9.10. The van der Waals surface area contributed by atoms with Gasteiger partial charge in [0.1, 0.15) is 5.82 Å². The second kappa shape index (κ2) is 7.91. The van der Waals surface area contributed by atoms with E-state index in [0.29, 0.717) is 33.4 Å². The van der Waals surface area contributed by atoms with Gasteiger partial charge in [0.2, 0.25) is 0 Å². The van der Waals surface area contributed by atoms with Gasteiger partial charge in [-0.05, 0) is 72.6 Å². The van der Waals surface area contributed by atoms with Crippen molar-refractivity contribution in [3.63, 3.8) is 0 Å². The lowest BCUT2D eigenvalue weighted by atomic mass is 10.0. The predicted octanol–water partition coefficient (Wildman–Crippen LogP) is 3.81. The van der Waals surface area contributed by atoms with E-state index in [1.165, 1.54) is 25.0 Å². The molecule has 1 saturated heterocycles. The molecule has 2 amide bonds. The van der Waals surface area contributed by atoms with Crippen LogP contribution >= 0.6 is 15.9 Å². The van der Waals surface area contributed by atoms with Crippen molar-refractivity contribution in [2.45, 2.75) is 26.2 Å². The van der Waals surface area contributed by atoms with Gasteiger partial charge in [-0.15, -0.1) is 0 Å². The molecule has 6 nitrogen and oxygen atoms in total. The van der Waals surface area contributed by atoms with Crippen LogP contribution in [0.1, 0.15) is 45.7 Å². The first kappa shape index (κ1) is 20.5. The third kappa shape index (κ3) is 3.61. The van der Waals surface area contributed by atoms with Crippen LogP contribution in [0.3, 0.4) is 0 Å². The van der Waals surface area contributed by atoms with Crippen molar-refractivity contribution in [2.24, 2.45) is 0 Å². The maximum absolute atomic E-state index is 13.9. The summed E-state index contributed by atoms with van der Waals surface area (Å²) in [7, 11) is 0. The molecule has 3 aliphatic heterocycles. The molecule has 2 aromatic rings. The zero-order valence-electron chi connectivity index (χ0n) is 17.4. The number of benzene rings is 1. The van der Waals surface area contributed by atoms with Crippen LogP contribution in [0.25, 0.3) is 11.6 Å². The average Bonchev–Trinajstić information content (AvgIpc) is 3.43. The van der Waals surface area contributed by atoms with Gasteiger partial charge in [-0.25, -0.2) is 4.39 Å². The zero-order valence-corrected chi connectivity index (χ0v) is 18.9. The second-order valence-electron chi connectivity index (χ2n) is 8.43. The number of fused-ring (bicyclic) bond motifs is 2. The second-order valence-corrected chi connectivity index (χ2v) is 9.28. The molecule has 1 aromatic carbocycles. The third-order valence-electron chi connectivity index (χ3n) is 6.50. The Morgan fingerprint density at radius 1 is 1.16 bits per heavy atom. The fraction of sp³-hybridized carbons (Fsp3) is 0.391. The van der Waals surface area contributed by atoms with Crippen LogP contribution in [0.5, 0.6) is 0 Å². The van der Waals surface area contributed by atoms with Crippen LogP contribution in [0.4, 0.5) is 10.1 Å². The van der Waals surface area contributed by atoms with Gasteiger partial charge >= 0.3 is 0 Å². The van der Waals surface area contributed by atoms with E-state index in [1.807, 2.05) is 11.8 Å². The van der Waals surface area contributed by atoms with Gasteiger partial charge in [-0.1, -0.05) is 0 Å². The van der Waals surface area contributed by atoms with Gasteiger partial charge in [-0.2, -0.15) is 0 Å². The van der Waals surface area contributed by atoms with Crippen molar-refractivity contribution >= 4 is 45.1 Å². The highest BCUT2D eigenvalue weighted by Gasteiger charge is 2.31. The van der Waals surface area contributed by atoms with Crippen molar-refractivity contribution in [1.29, 1.82) is 0 Å². The molecule has 8 heteroatoms. The first-order chi connectivity index (χ1) is 14.9. The normalized spacial score (nSPS) is 19.8. The van der Waals surface area contributed by atoms with Crippen molar-refractivity contribution < 1.29 is 14.0 Å². The molecule has 0 atom stereocenters. The molecule has 2 N–H and O–H groups in total. The average molecular weight is 487 g/mol. The molecule has 162 valence electrons. The van der Waals surface area contributed by atoms with Crippen LogP contribution in [0, 0.1) is 12.7 Å². The van der Waals surface area contributed by atoms with Crippen LogP contribution in [0.2, 0.25) is 0 Å². The number of hydrogen-bond donors (Lipinski definition) is 2. The minimum Gasteiger partial charge on any atom is -0.358 e. The van der Waals surface area contributed by atoms with Gasteiger partial charge in [-0.3, -0.25) is 9.59 Å². The van der Waals surface area contributed by atoms with Crippen LogP contribution in [-0.2, 0) is 11.2 Å². The largest absolute Gasteiger partial charge is 0.358 e. The number of nitrogens with one attached hydrogen (secondary N) is 2. The Kier molecular flexibility index (Phi) is 5.22. The van der Waals surface area contributed by atoms with Crippen LogP contribution < -0.4 is 5.32 Å². The Morgan fingerprint density at radius 3 is 2.71 bits per heavy atom. The highest BCUT2D eigenvalue weighted by Crippen LogP contribution is 2.39. The zero-order chi connectivity index (χ0) is 21.7. The summed E-state index contributed by atoms with van der Waals surface area (Å²) in [6, 6.07) is 2.68. The molecule has 0 radical (unpaired) electrons. The van der Waals surface area contributed by atoms with Gasteiger partial charge in [0.15, 0.2) is 0 Å². The summed E-state index contributed by atoms with van der Waals surface area (Å²) >= 11 is 3.31. The van der Waals surface area contributed by atoms with E-state index in [9.17, 15) is 14.0 Å². The third-order valence-corrected chi connectivity index (χ3v) is 7.13. The fourth-order valence-electron chi connectivity index (χ4n) is 4.79. The van der Waals surface area contributed by atoms with E-state index in [1.54, 1.807) is 6.08 Å².